The first-order valence-electron chi connectivity index (χ1n) is 6.90. The van der Waals surface area contributed by atoms with Crippen LogP contribution in [0.2, 0.25) is 0 Å². The predicted molar refractivity (Wildman–Crippen MR) is 68.7 cm³/mol. The number of rotatable bonds is 4. The Morgan fingerprint density at radius 2 is 1.88 bits per heavy atom. The molecule has 0 aromatic heterocycles. The molecule has 1 saturated carbocycles. The number of hydrogen-bond donors (Lipinski definition) is 1. The van der Waals surface area contributed by atoms with E-state index in [1.54, 1.807) is 0 Å². The fourth-order valence-electron chi connectivity index (χ4n) is 2.93. The van der Waals surface area contributed by atoms with Crippen LogP contribution in [0.4, 0.5) is 0 Å². The van der Waals surface area contributed by atoms with Gasteiger partial charge in [-0.2, -0.15) is 0 Å². The van der Waals surface area contributed by atoms with Crippen LogP contribution < -0.4 is 5.32 Å². The van der Waals surface area contributed by atoms with Gasteiger partial charge in [0.25, 0.3) is 0 Å². The molecule has 1 heterocycles. The second-order valence-electron chi connectivity index (χ2n) is 5.61. The fourth-order valence-corrected chi connectivity index (χ4v) is 2.93. The van der Waals surface area contributed by atoms with Gasteiger partial charge in [0.15, 0.2) is 0 Å². The predicted octanol–water partition coefficient (Wildman–Crippen LogP) is 1.01. The van der Waals surface area contributed by atoms with E-state index in [1.807, 2.05) is 0 Å². The Balaban J connectivity index is 1.57. The van der Waals surface area contributed by atoms with Crippen molar-refractivity contribution in [2.45, 2.75) is 32.2 Å². The van der Waals surface area contributed by atoms with Gasteiger partial charge in [-0.3, -0.25) is 4.90 Å². The average Bonchev–Trinajstić information content (AvgIpc) is 2.68. The molecule has 0 aromatic carbocycles. The summed E-state index contributed by atoms with van der Waals surface area (Å²) in [6.45, 7) is 9.77. The van der Waals surface area contributed by atoms with Crippen LogP contribution in [0, 0.1) is 5.92 Å². The Morgan fingerprint density at radius 1 is 1.12 bits per heavy atom. The maximum atomic E-state index is 3.73. The van der Waals surface area contributed by atoms with Gasteiger partial charge in [-0.25, -0.2) is 0 Å². The monoisotopic (exact) mass is 225 g/mol. The third-order valence-corrected chi connectivity index (χ3v) is 4.29. The van der Waals surface area contributed by atoms with Gasteiger partial charge < -0.3 is 10.2 Å². The highest BCUT2D eigenvalue weighted by atomic mass is 15.2. The molecule has 2 rings (SSSR count). The molecular formula is C13H27N3. The van der Waals surface area contributed by atoms with Crippen LogP contribution >= 0.6 is 0 Å². The first-order chi connectivity index (χ1) is 7.75. The zero-order valence-corrected chi connectivity index (χ0v) is 10.9. The van der Waals surface area contributed by atoms with E-state index < -0.39 is 0 Å². The number of nitrogens with one attached hydrogen (secondary N) is 1. The van der Waals surface area contributed by atoms with Crippen LogP contribution in [-0.2, 0) is 0 Å². The molecule has 0 bridgehead atoms. The lowest BCUT2D eigenvalue weighted by Crippen LogP contribution is -2.47. The van der Waals surface area contributed by atoms with E-state index in [0.29, 0.717) is 0 Å². The third kappa shape index (κ3) is 3.44. The van der Waals surface area contributed by atoms with Crippen LogP contribution in [0.1, 0.15) is 26.2 Å². The second-order valence-corrected chi connectivity index (χ2v) is 5.61. The fraction of sp³-hybridized carbons (Fsp3) is 1.00. The van der Waals surface area contributed by atoms with Crippen molar-refractivity contribution < 1.29 is 0 Å². The van der Waals surface area contributed by atoms with E-state index in [1.165, 1.54) is 58.5 Å². The highest BCUT2D eigenvalue weighted by molar-refractivity contribution is 4.80. The zero-order valence-electron chi connectivity index (χ0n) is 10.9. The van der Waals surface area contributed by atoms with E-state index in [4.69, 9.17) is 0 Å². The van der Waals surface area contributed by atoms with E-state index in [0.717, 1.165) is 12.0 Å². The zero-order chi connectivity index (χ0) is 11.4. The van der Waals surface area contributed by atoms with E-state index in [2.05, 4.69) is 29.1 Å². The van der Waals surface area contributed by atoms with Gasteiger partial charge in [0.05, 0.1) is 0 Å². The van der Waals surface area contributed by atoms with Crippen molar-refractivity contribution >= 4 is 0 Å². The standard InChI is InChI=1S/C13H27N3/c1-12-4-3-5-13(12)14-6-7-16-10-8-15(2)9-11-16/h12-14H,3-11H2,1-2H3. The molecule has 0 aromatic rings. The summed E-state index contributed by atoms with van der Waals surface area (Å²) in [5.74, 6) is 0.896. The van der Waals surface area contributed by atoms with Crippen molar-refractivity contribution in [2.24, 2.45) is 5.92 Å². The van der Waals surface area contributed by atoms with Gasteiger partial charge >= 0.3 is 0 Å². The van der Waals surface area contributed by atoms with Gasteiger partial charge in [0.1, 0.15) is 0 Å². The minimum absolute atomic E-state index is 0.799. The van der Waals surface area contributed by atoms with Crippen molar-refractivity contribution in [3.05, 3.63) is 0 Å². The molecule has 0 radical (unpaired) electrons. The lowest BCUT2D eigenvalue weighted by Gasteiger charge is -2.32. The molecule has 2 fully saturated rings. The Kier molecular flexibility index (Phi) is 4.62. The van der Waals surface area contributed by atoms with Gasteiger partial charge in [0.2, 0.25) is 0 Å². The maximum absolute atomic E-state index is 3.73. The normalized spacial score (nSPS) is 33.4. The quantitative estimate of drug-likeness (QED) is 0.770. The summed E-state index contributed by atoms with van der Waals surface area (Å²) in [6, 6.07) is 0.799. The molecule has 0 spiro atoms. The first-order valence-corrected chi connectivity index (χ1v) is 6.90. The summed E-state index contributed by atoms with van der Waals surface area (Å²) in [5.41, 5.74) is 0. The molecule has 3 heteroatoms. The molecule has 2 unspecified atom stereocenters. The molecule has 16 heavy (non-hydrogen) atoms. The topological polar surface area (TPSA) is 18.5 Å². The van der Waals surface area contributed by atoms with Gasteiger partial charge in [0, 0.05) is 45.3 Å². The summed E-state index contributed by atoms with van der Waals surface area (Å²) >= 11 is 0. The van der Waals surface area contributed by atoms with Crippen molar-refractivity contribution in [1.82, 2.24) is 15.1 Å². The molecule has 2 aliphatic rings. The highest BCUT2D eigenvalue weighted by Gasteiger charge is 2.22. The van der Waals surface area contributed by atoms with Crippen molar-refractivity contribution in [3.63, 3.8) is 0 Å². The van der Waals surface area contributed by atoms with E-state index >= 15 is 0 Å². The first kappa shape index (κ1) is 12.3. The van der Waals surface area contributed by atoms with Crippen molar-refractivity contribution in [2.75, 3.05) is 46.3 Å². The Bertz CT molecular complexity index is 199. The summed E-state index contributed by atoms with van der Waals surface area (Å²) in [5, 5.41) is 3.73. The minimum atomic E-state index is 0.799. The lowest BCUT2D eigenvalue weighted by molar-refractivity contribution is 0.153. The molecule has 94 valence electrons. The number of piperazine rings is 1. The molecule has 2 atom stereocenters. The van der Waals surface area contributed by atoms with Crippen molar-refractivity contribution in [3.8, 4) is 0 Å². The van der Waals surface area contributed by atoms with Gasteiger partial charge in [-0.1, -0.05) is 13.3 Å². The van der Waals surface area contributed by atoms with Gasteiger partial charge in [-0.05, 0) is 25.8 Å². The van der Waals surface area contributed by atoms with Crippen LogP contribution in [0.25, 0.3) is 0 Å². The van der Waals surface area contributed by atoms with Crippen LogP contribution in [-0.4, -0.2) is 62.2 Å². The van der Waals surface area contributed by atoms with Gasteiger partial charge in [-0.15, -0.1) is 0 Å². The van der Waals surface area contributed by atoms with E-state index in [9.17, 15) is 0 Å². The Labute approximate surface area is 100 Å². The van der Waals surface area contributed by atoms with Crippen LogP contribution in [0.15, 0.2) is 0 Å². The summed E-state index contributed by atoms with van der Waals surface area (Å²) in [6.07, 6.45) is 4.24. The smallest absolute Gasteiger partial charge is 0.0110 e. The van der Waals surface area contributed by atoms with Crippen LogP contribution in [0.3, 0.4) is 0 Å². The molecule has 1 N–H and O–H groups in total. The molecule has 0 amide bonds. The summed E-state index contributed by atoms with van der Waals surface area (Å²) in [4.78, 5) is 5.01. The molecule has 1 saturated heterocycles. The van der Waals surface area contributed by atoms with Crippen LogP contribution in [0.5, 0.6) is 0 Å². The molecule has 3 nitrogen and oxygen atoms in total. The van der Waals surface area contributed by atoms with Crippen molar-refractivity contribution in [1.29, 1.82) is 0 Å². The number of hydrogen-bond acceptors (Lipinski definition) is 3. The summed E-state index contributed by atoms with van der Waals surface area (Å²) < 4.78 is 0. The largest absolute Gasteiger partial charge is 0.312 e. The second kappa shape index (κ2) is 5.99. The average molecular weight is 225 g/mol. The minimum Gasteiger partial charge on any atom is -0.312 e. The van der Waals surface area contributed by atoms with E-state index in [-0.39, 0.29) is 0 Å². The number of nitrogens with zero attached hydrogens (tertiary/aromatic N) is 2. The summed E-state index contributed by atoms with van der Waals surface area (Å²) in [7, 11) is 2.22. The Hall–Kier alpha value is -0.120. The molecule has 1 aliphatic heterocycles. The highest BCUT2D eigenvalue weighted by Crippen LogP contribution is 2.24. The number of likely N-dealkylation sites (N-methyl/N-ethyl adjacent to an activating group) is 1. The third-order valence-electron chi connectivity index (χ3n) is 4.29. The lowest BCUT2D eigenvalue weighted by atomic mass is 10.1. The molecule has 1 aliphatic carbocycles. The maximum Gasteiger partial charge on any atom is 0.0110 e. The SMILES string of the molecule is CC1CCCC1NCCN1CCN(C)CC1. The molecular weight excluding hydrogens is 198 g/mol. The Morgan fingerprint density at radius 3 is 2.50 bits per heavy atom.